The summed E-state index contributed by atoms with van der Waals surface area (Å²) in [5.74, 6) is -0.279. The van der Waals surface area contributed by atoms with Gasteiger partial charge < -0.3 is 9.47 Å². The number of aryl methyl sites for hydroxylation is 2. The van der Waals surface area contributed by atoms with Gasteiger partial charge in [-0.15, -0.1) is 0 Å². The van der Waals surface area contributed by atoms with Crippen LogP contribution in [-0.4, -0.2) is 11.9 Å². The summed E-state index contributed by atoms with van der Waals surface area (Å²) in [4.78, 5) is 25.6. The summed E-state index contributed by atoms with van der Waals surface area (Å²) >= 11 is 0. The fourth-order valence-corrected chi connectivity index (χ4v) is 3.25. The Morgan fingerprint density at radius 2 is 0.967 bits per heavy atom. The summed E-state index contributed by atoms with van der Waals surface area (Å²) in [5, 5.41) is 0. The average Bonchev–Trinajstić information content (AvgIpc) is 2.78. The molecule has 0 radical (unpaired) electrons. The van der Waals surface area contributed by atoms with Crippen molar-refractivity contribution in [2.45, 2.75) is 39.5 Å². The fraction of sp³-hybridized carbons (Fsp3) is 0.231. The first kappa shape index (κ1) is 21.3. The van der Waals surface area contributed by atoms with Crippen LogP contribution in [0.25, 0.3) is 0 Å². The highest BCUT2D eigenvalue weighted by molar-refractivity contribution is 5.93. The average molecular weight is 402 g/mol. The summed E-state index contributed by atoms with van der Waals surface area (Å²) in [5.41, 5.74) is 2.58. The van der Waals surface area contributed by atoms with Gasteiger partial charge in [0.25, 0.3) is 0 Å². The first-order chi connectivity index (χ1) is 14.6. The van der Waals surface area contributed by atoms with E-state index in [1.165, 1.54) is 0 Å². The molecule has 30 heavy (non-hydrogen) atoms. The maximum absolute atomic E-state index is 12.8. The van der Waals surface area contributed by atoms with Crippen LogP contribution in [0, 0.1) is 0 Å². The minimum absolute atomic E-state index is 0.334. The molecule has 0 saturated heterocycles. The van der Waals surface area contributed by atoms with Crippen molar-refractivity contribution in [2.75, 3.05) is 0 Å². The molecule has 0 aliphatic heterocycles. The number of benzene rings is 3. The third kappa shape index (κ3) is 5.15. The Morgan fingerprint density at radius 3 is 1.30 bits per heavy atom. The van der Waals surface area contributed by atoms with E-state index in [0.29, 0.717) is 35.5 Å². The van der Waals surface area contributed by atoms with Gasteiger partial charge in [-0.2, -0.15) is 0 Å². The molecular formula is C26H26O4. The molecule has 4 heteroatoms. The second kappa shape index (κ2) is 10.4. The molecule has 0 atom stereocenters. The zero-order chi connectivity index (χ0) is 21.3. The van der Waals surface area contributed by atoms with Crippen LogP contribution in [-0.2, 0) is 12.8 Å². The lowest BCUT2D eigenvalue weighted by Gasteiger charge is -2.18. The van der Waals surface area contributed by atoms with Gasteiger partial charge in [0.15, 0.2) is 11.5 Å². The molecular weight excluding hydrogens is 376 g/mol. The molecule has 3 rings (SSSR count). The Labute approximate surface area is 177 Å². The molecule has 0 unspecified atom stereocenters. The number of ether oxygens (including phenoxy) is 2. The maximum atomic E-state index is 12.8. The van der Waals surface area contributed by atoms with Crippen molar-refractivity contribution >= 4 is 11.9 Å². The number of hydrogen-bond acceptors (Lipinski definition) is 4. The van der Waals surface area contributed by atoms with Crippen molar-refractivity contribution in [3.8, 4) is 11.5 Å². The third-order valence-corrected chi connectivity index (χ3v) is 4.72. The first-order valence-electron chi connectivity index (χ1n) is 10.3. The van der Waals surface area contributed by atoms with Crippen molar-refractivity contribution in [3.05, 3.63) is 95.1 Å². The van der Waals surface area contributed by atoms with E-state index in [-0.39, 0.29) is 0 Å². The summed E-state index contributed by atoms with van der Waals surface area (Å²) in [7, 11) is 0. The predicted octanol–water partition coefficient (Wildman–Crippen LogP) is 6.03. The van der Waals surface area contributed by atoms with E-state index < -0.39 is 11.9 Å². The first-order valence-corrected chi connectivity index (χ1v) is 10.3. The van der Waals surface area contributed by atoms with Crippen LogP contribution in [0.2, 0.25) is 0 Å². The van der Waals surface area contributed by atoms with Crippen LogP contribution in [0.5, 0.6) is 11.5 Å². The topological polar surface area (TPSA) is 52.6 Å². The molecule has 4 nitrogen and oxygen atoms in total. The molecule has 154 valence electrons. The van der Waals surface area contributed by atoms with Crippen LogP contribution in [0.1, 0.15) is 58.5 Å². The summed E-state index contributed by atoms with van der Waals surface area (Å²) in [6.07, 6.45) is 3.16. The summed E-state index contributed by atoms with van der Waals surface area (Å²) < 4.78 is 11.6. The van der Waals surface area contributed by atoms with Crippen molar-refractivity contribution in [2.24, 2.45) is 0 Å². The molecule has 0 aliphatic carbocycles. The lowest BCUT2D eigenvalue weighted by molar-refractivity contribution is 0.0679. The number of carbonyl (C=O) groups excluding carboxylic acids is 2. The lowest BCUT2D eigenvalue weighted by atomic mass is 10.0. The molecule has 0 bridgehead atoms. The van der Waals surface area contributed by atoms with Gasteiger partial charge in [0.05, 0.1) is 11.1 Å². The van der Waals surface area contributed by atoms with Gasteiger partial charge in [-0.05, 0) is 48.2 Å². The Hall–Kier alpha value is -3.40. The molecule has 0 heterocycles. The van der Waals surface area contributed by atoms with Crippen molar-refractivity contribution < 1.29 is 19.1 Å². The standard InChI is InChI=1S/C26H26O4/c1-3-11-19-17-18-20(12-4-2)24(30-26(28)22-15-9-6-10-16-22)23(19)29-25(27)21-13-7-5-8-14-21/h5-10,13-18H,3-4,11-12H2,1-2H3. The van der Waals surface area contributed by atoms with Gasteiger partial charge in [0.2, 0.25) is 0 Å². The van der Waals surface area contributed by atoms with E-state index >= 15 is 0 Å². The number of esters is 2. The maximum Gasteiger partial charge on any atom is 0.343 e. The van der Waals surface area contributed by atoms with Gasteiger partial charge in [0.1, 0.15) is 0 Å². The molecule has 0 N–H and O–H groups in total. The van der Waals surface area contributed by atoms with Crippen molar-refractivity contribution in [1.29, 1.82) is 0 Å². The van der Waals surface area contributed by atoms with E-state index in [2.05, 4.69) is 13.8 Å². The largest absolute Gasteiger partial charge is 0.419 e. The number of hydrogen-bond donors (Lipinski definition) is 0. The van der Waals surface area contributed by atoms with Gasteiger partial charge in [-0.3, -0.25) is 0 Å². The lowest BCUT2D eigenvalue weighted by Crippen LogP contribution is -2.15. The predicted molar refractivity (Wildman–Crippen MR) is 117 cm³/mol. The quantitative estimate of drug-likeness (QED) is 0.341. The van der Waals surface area contributed by atoms with E-state index in [9.17, 15) is 9.59 Å². The van der Waals surface area contributed by atoms with Gasteiger partial charge in [-0.25, -0.2) is 9.59 Å². The van der Waals surface area contributed by atoms with Crippen molar-refractivity contribution in [1.82, 2.24) is 0 Å². The molecule has 0 spiro atoms. The smallest absolute Gasteiger partial charge is 0.343 e. The highest BCUT2D eigenvalue weighted by Gasteiger charge is 2.22. The minimum atomic E-state index is -0.474. The van der Waals surface area contributed by atoms with E-state index in [4.69, 9.17) is 9.47 Å². The zero-order valence-corrected chi connectivity index (χ0v) is 17.4. The van der Waals surface area contributed by atoms with Crippen LogP contribution in [0.3, 0.4) is 0 Å². The van der Waals surface area contributed by atoms with Gasteiger partial charge in [-0.1, -0.05) is 75.2 Å². The van der Waals surface area contributed by atoms with E-state index in [1.54, 1.807) is 48.5 Å². The second-order valence-electron chi connectivity index (χ2n) is 7.05. The minimum Gasteiger partial charge on any atom is -0.419 e. The van der Waals surface area contributed by atoms with E-state index in [0.717, 1.165) is 24.0 Å². The Balaban J connectivity index is 2.03. The number of carbonyl (C=O) groups is 2. The third-order valence-electron chi connectivity index (χ3n) is 4.72. The Bertz CT molecular complexity index is 912. The monoisotopic (exact) mass is 402 g/mol. The highest BCUT2D eigenvalue weighted by Crippen LogP contribution is 2.38. The zero-order valence-electron chi connectivity index (χ0n) is 17.4. The van der Waals surface area contributed by atoms with Gasteiger partial charge >= 0.3 is 11.9 Å². The van der Waals surface area contributed by atoms with Crippen LogP contribution < -0.4 is 9.47 Å². The Kier molecular flexibility index (Phi) is 7.39. The van der Waals surface area contributed by atoms with Crippen LogP contribution in [0.4, 0.5) is 0 Å². The molecule has 0 amide bonds. The molecule has 0 fully saturated rings. The molecule has 0 aliphatic rings. The van der Waals surface area contributed by atoms with Crippen molar-refractivity contribution in [3.63, 3.8) is 0 Å². The molecule has 0 aromatic heterocycles. The summed E-state index contributed by atoms with van der Waals surface area (Å²) in [6.45, 7) is 4.11. The van der Waals surface area contributed by atoms with Crippen LogP contribution >= 0.6 is 0 Å². The second-order valence-corrected chi connectivity index (χ2v) is 7.05. The molecule has 3 aromatic rings. The normalized spacial score (nSPS) is 10.5. The van der Waals surface area contributed by atoms with Gasteiger partial charge in [0, 0.05) is 0 Å². The Morgan fingerprint density at radius 1 is 0.600 bits per heavy atom. The SMILES string of the molecule is CCCc1ccc(CCC)c(OC(=O)c2ccccc2)c1OC(=O)c1ccccc1. The molecule has 0 saturated carbocycles. The summed E-state index contributed by atoms with van der Waals surface area (Å²) in [6, 6.07) is 21.6. The van der Waals surface area contributed by atoms with Crippen LogP contribution in [0.15, 0.2) is 72.8 Å². The van der Waals surface area contributed by atoms with E-state index in [1.807, 2.05) is 24.3 Å². The molecule has 3 aromatic carbocycles. The highest BCUT2D eigenvalue weighted by atomic mass is 16.6. The fourth-order valence-electron chi connectivity index (χ4n) is 3.25. The number of rotatable bonds is 8.